The molecular formula is C49H28N4S. The topological polar surface area (TPSA) is 43.1 Å². The summed E-state index contributed by atoms with van der Waals surface area (Å²) in [5.74, 6) is 1.92. The molecule has 54 heavy (non-hydrogen) atoms. The van der Waals surface area contributed by atoms with Gasteiger partial charge in [-0.25, -0.2) is 15.0 Å². The summed E-state index contributed by atoms with van der Waals surface area (Å²) in [5.41, 5.74) is 8.68. The zero-order valence-corrected chi connectivity index (χ0v) is 29.7. The van der Waals surface area contributed by atoms with Crippen LogP contribution in [0.4, 0.5) is 0 Å². The lowest BCUT2D eigenvalue weighted by Crippen LogP contribution is -2.00. The summed E-state index contributed by atoms with van der Waals surface area (Å²) in [4.78, 5) is 15.6. The Bertz CT molecular complexity index is 3450. The van der Waals surface area contributed by atoms with Crippen molar-refractivity contribution in [3.8, 4) is 45.3 Å². The van der Waals surface area contributed by atoms with Crippen molar-refractivity contribution >= 4 is 80.4 Å². The fraction of sp³-hybridized carbons (Fsp3) is 0. The summed E-state index contributed by atoms with van der Waals surface area (Å²) < 4.78 is 5.10. The first-order valence-electron chi connectivity index (χ1n) is 18.2. The fourth-order valence-corrected chi connectivity index (χ4v) is 9.61. The number of aromatic nitrogens is 4. The van der Waals surface area contributed by atoms with Crippen molar-refractivity contribution in [1.29, 1.82) is 0 Å². The Kier molecular flexibility index (Phi) is 6.18. The van der Waals surface area contributed by atoms with Gasteiger partial charge in [-0.3, -0.25) is 0 Å². The van der Waals surface area contributed by atoms with Gasteiger partial charge >= 0.3 is 0 Å². The largest absolute Gasteiger partial charge is 0.308 e. The Balaban J connectivity index is 1.16. The zero-order valence-electron chi connectivity index (χ0n) is 28.9. The minimum Gasteiger partial charge on any atom is -0.308 e. The van der Waals surface area contributed by atoms with Crippen molar-refractivity contribution < 1.29 is 0 Å². The second-order valence-corrected chi connectivity index (χ2v) is 15.1. The number of hydrogen-bond acceptors (Lipinski definition) is 4. The highest BCUT2D eigenvalue weighted by molar-refractivity contribution is 7.26. The van der Waals surface area contributed by atoms with Gasteiger partial charge in [0.1, 0.15) is 0 Å². The number of hydrogen-bond donors (Lipinski definition) is 0. The van der Waals surface area contributed by atoms with E-state index < -0.39 is 0 Å². The molecule has 0 fully saturated rings. The number of fused-ring (bicyclic) bond motifs is 7. The molecule has 0 radical (unpaired) electrons. The highest BCUT2D eigenvalue weighted by Crippen LogP contribution is 2.46. The van der Waals surface area contributed by atoms with Crippen LogP contribution in [0.1, 0.15) is 0 Å². The maximum atomic E-state index is 5.24. The van der Waals surface area contributed by atoms with E-state index in [0.717, 1.165) is 38.7 Å². The Hall–Kier alpha value is -6.95. The molecule has 0 spiro atoms. The number of rotatable bonds is 4. The molecule has 0 bridgehead atoms. The third kappa shape index (κ3) is 4.33. The van der Waals surface area contributed by atoms with E-state index in [9.17, 15) is 0 Å². The SMILES string of the molecule is c1ccc(-c2cccc(-c3nc(-c4ccc5ccccc5c4)nc(-c4ccc5c6cccc7sc8ccc9c%10ccccc%10n(c5c4)c9c8c76)n3)c2)cc1. The number of benzene rings is 8. The molecule has 0 atom stereocenters. The van der Waals surface area contributed by atoms with E-state index in [1.807, 2.05) is 17.4 Å². The van der Waals surface area contributed by atoms with Crippen molar-refractivity contribution in [1.82, 2.24) is 19.4 Å². The molecule has 0 aliphatic heterocycles. The first kappa shape index (κ1) is 29.6. The molecule has 12 rings (SSSR count). The summed E-state index contributed by atoms with van der Waals surface area (Å²) in [7, 11) is 0. The Morgan fingerprint density at radius 1 is 0.352 bits per heavy atom. The Labute approximate surface area is 313 Å². The maximum absolute atomic E-state index is 5.24. The van der Waals surface area contributed by atoms with Gasteiger partial charge in [0.25, 0.3) is 0 Å². The van der Waals surface area contributed by atoms with E-state index in [-0.39, 0.29) is 0 Å². The fourth-order valence-electron chi connectivity index (χ4n) is 8.48. The van der Waals surface area contributed by atoms with Crippen LogP contribution in [0.15, 0.2) is 170 Å². The summed E-state index contributed by atoms with van der Waals surface area (Å²) in [6.07, 6.45) is 0. The summed E-state index contributed by atoms with van der Waals surface area (Å²) in [6.45, 7) is 0. The molecule has 0 unspecified atom stereocenters. The van der Waals surface area contributed by atoms with E-state index in [4.69, 9.17) is 15.0 Å². The first-order chi connectivity index (χ1) is 26.7. The highest BCUT2D eigenvalue weighted by atomic mass is 32.1. The van der Waals surface area contributed by atoms with Crippen LogP contribution in [-0.2, 0) is 0 Å². The van der Waals surface area contributed by atoms with Crippen LogP contribution in [0.5, 0.6) is 0 Å². The minimum atomic E-state index is 0.638. The van der Waals surface area contributed by atoms with Crippen molar-refractivity contribution in [2.75, 3.05) is 0 Å². The summed E-state index contributed by atoms with van der Waals surface area (Å²) in [5, 5.41) is 9.96. The molecular weight excluding hydrogens is 677 g/mol. The molecule has 8 aromatic carbocycles. The quantitative estimate of drug-likeness (QED) is 0.183. The number of thiophene rings is 1. The van der Waals surface area contributed by atoms with Gasteiger partial charge in [-0.2, -0.15) is 0 Å². The summed E-state index contributed by atoms with van der Waals surface area (Å²) in [6, 6.07) is 60.7. The van der Waals surface area contributed by atoms with Gasteiger partial charge in [0.15, 0.2) is 17.5 Å². The van der Waals surface area contributed by atoms with Crippen LogP contribution < -0.4 is 0 Å². The predicted molar refractivity (Wildman–Crippen MR) is 227 cm³/mol. The second-order valence-electron chi connectivity index (χ2n) is 14.0. The van der Waals surface area contributed by atoms with Crippen LogP contribution in [0.25, 0.3) is 114 Å². The molecule has 4 nitrogen and oxygen atoms in total. The molecule has 12 aromatic rings. The van der Waals surface area contributed by atoms with Gasteiger partial charge in [-0.15, -0.1) is 11.3 Å². The molecule has 0 aliphatic rings. The highest BCUT2D eigenvalue weighted by Gasteiger charge is 2.21. The maximum Gasteiger partial charge on any atom is 0.164 e. The Morgan fingerprint density at radius 3 is 1.83 bits per heavy atom. The number of nitrogens with zero attached hydrogens (tertiary/aromatic N) is 4. The lowest BCUT2D eigenvalue weighted by molar-refractivity contribution is 1.07. The molecule has 0 saturated carbocycles. The summed E-state index contributed by atoms with van der Waals surface area (Å²) >= 11 is 1.88. The first-order valence-corrected chi connectivity index (χ1v) is 19.0. The van der Waals surface area contributed by atoms with Crippen LogP contribution in [0, 0.1) is 0 Å². The van der Waals surface area contributed by atoms with Crippen LogP contribution in [0.2, 0.25) is 0 Å². The predicted octanol–water partition coefficient (Wildman–Crippen LogP) is 13.2. The van der Waals surface area contributed by atoms with Crippen molar-refractivity contribution in [2.24, 2.45) is 0 Å². The van der Waals surface area contributed by atoms with Gasteiger partial charge in [-0.1, -0.05) is 133 Å². The van der Waals surface area contributed by atoms with Gasteiger partial charge in [-0.05, 0) is 63.7 Å². The molecule has 0 aliphatic carbocycles. The van der Waals surface area contributed by atoms with E-state index in [0.29, 0.717) is 17.5 Å². The molecule has 0 amide bonds. The standard InChI is InChI=1S/C49H28N4S/c1-2-10-29(11-3-1)32-14-8-15-33(26-32)47-50-48(34-21-20-30-12-4-5-13-31(30)27-34)52-49(51-47)35-22-23-37-38-17-9-19-42-44(38)45-43(54-42)25-24-39-36-16-6-7-18-40(36)53(46(39)45)41(37)28-35/h1-28H. The lowest BCUT2D eigenvalue weighted by atomic mass is 10.0. The molecule has 5 heteroatoms. The molecule has 250 valence electrons. The van der Waals surface area contributed by atoms with Gasteiger partial charge < -0.3 is 4.40 Å². The van der Waals surface area contributed by atoms with E-state index in [1.54, 1.807) is 0 Å². The number of para-hydroxylation sites is 1. The minimum absolute atomic E-state index is 0.638. The monoisotopic (exact) mass is 704 g/mol. The average molecular weight is 705 g/mol. The molecule has 4 heterocycles. The van der Waals surface area contributed by atoms with Crippen LogP contribution >= 0.6 is 11.3 Å². The van der Waals surface area contributed by atoms with Crippen molar-refractivity contribution in [3.05, 3.63) is 170 Å². The third-order valence-corrected chi connectivity index (χ3v) is 12.1. The van der Waals surface area contributed by atoms with Crippen LogP contribution in [0.3, 0.4) is 0 Å². The zero-order chi connectivity index (χ0) is 35.3. The van der Waals surface area contributed by atoms with Gasteiger partial charge in [0.05, 0.1) is 16.6 Å². The van der Waals surface area contributed by atoms with Crippen LogP contribution in [-0.4, -0.2) is 19.4 Å². The normalized spacial score (nSPS) is 12.1. The smallest absolute Gasteiger partial charge is 0.164 e. The molecule has 0 saturated heterocycles. The molecule has 4 aromatic heterocycles. The van der Waals surface area contributed by atoms with E-state index in [2.05, 4.69) is 168 Å². The average Bonchev–Trinajstić information content (AvgIpc) is 3.75. The second kappa shape index (κ2) is 11.3. The molecule has 0 N–H and O–H groups in total. The van der Waals surface area contributed by atoms with Crippen molar-refractivity contribution in [2.45, 2.75) is 0 Å². The van der Waals surface area contributed by atoms with Gasteiger partial charge in [0.2, 0.25) is 0 Å². The van der Waals surface area contributed by atoms with Crippen molar-refractivity contribution in [3.63, 3.8) is 0 Å². The third-order valence-electron chi connectivity index (χ3n) is 11.0. The lowest BCUT2D eigenvalue weighted by Gasteiger charge is -2.11. The van der Waals surface area contributed by atoms with E-state index >= 15 is 0 Å². The Morgan fingerprint density at radius 2 is 0.963 bits per heavy atom. The van der Waals surface area contributed by atoms with E-state index in [1.165, 1.54) is 58.1 Å². The van der Waals surface area contributed by atoms with Gasteiger partial charge in [0, 0.05) is 53.0 Å².